The lowest BCUT2D eigenvalue weighted by Gasteiger charge is -2.10. The summed E-state index contributed by atoms with van der Waals surface area (Å²) in [5.74, 6) is 5.23. The van der Waals surface area contributed by atoms with Gasteiger partial charge in [-0.05, 0) is 24.6 Å². The molecule has 20 heavy (non-hydrogen) atoms. The lowest BCUT2D eigenvalue weighted by Crippen LogP contribution is -2.29. The zero-order chi connectivity index (χ0) is 14.7. The molecule has 0 atom stereocenters. The van der Waals surface area contributed by atoms with Gasteiger partial charge >= 0.3 is 0 Å². The molecule has 1 amide bonds. The summed E-state index contributed by atoms with van der Waals surface area (Å²) in [5, 5.41) is 2.56. The highest BCUT2D eigenvalue weighted by Crippen LogP contribution is 2.32. The van der Waals surface area contributed by atoms with E-state index in [0.717, 1.165) is 10.0 Å². The fourth-order valence-corrected chi connectivity index (χ4v) is 3.29. The van der Waals surface area contributed by atoms with Gasteiger partial charge in [-0.15, -0.1) is 11.3 Å². The van der Waals surface area contributed by atoms with Crippen molar-refractivity contribution in [2.45, 2.75) is 13.5 Å². The number of hydrogen-bond acceptors (Lipinski definition) is 5. The van der Waals surface area contributed by atoms with E-state index in [0.29, 0.717) is 21.5 Å². The third-order valence-electron chi connectivity index (χ3n) is 2.44. The fraction of sp³-hybridized carbons (Fsp3) is 0.167. The van der Waals surface area contributed by atoms with Gasteiger partial charge in [0.25, 0.3) is 5.91 Å². The van der Waals surface area contributed by atoms with E-state index in [1.807, 2.05) is 18.4 Å². The number of aryl methyl sites for hydroxylation is 1. The van der Waals surface area contributed by atoms with Crippen LogP contribution in [0.2, 0.25) is 5.02 Å². The van der Waals surface area contributed by atoms with Crippen LogP contribution in [-0.4, -0.2) is 10.9 Å². The lowest BCUT2D eigenvalue weighted by atomic mass is 10.2. The number of amides is 1. The number of ether oxygens (including phenoxy) is 1. The van der Waals surface area contributed by atoms with Crippen LogP contribution in [0.5, 0.6) is 5.75 Å². The second-order valence-corrected chi connectivity index (χ2v) is 6.12. The smallest absolute Gasteiger partial charge is 0.294 e. The van der Waals surface area contributed by atoms with Crippen LogP contribution in [0.15, 0.2) is 22.0 Å². The first-order valence-electron chi connectivity index (χ1n) is 5.55. The summed E-state index contributed by atoms with van der Waals surface area (Å²) >= 11 is 10.7. The lowest BCUT2D eigenvalue weighted by molar-refractivity contribution is 0.0953. The van der Waals surface area contributed by atoms with E-state index < -0.39 is 5.91 Å². The van der Waals surface area contributed by atoms with Crippen LogP contribution >= 0.6 is 38.9 Å². The zero-order valence-corrected chi connectivity index (χ0v) is 13.6. The van der Waals surface area contributed by atoms with Crippen LogP contribution < -0.4 is 16.0 Å². The maximum absolute atomic E-state index is 11.3. The van der Waals surface area contributed by atoms with Crippen molar-refractivity contribution < 1.29 is 9.53 Å². The molecule has 1 aromatic heterocycles. The largest absolute Gasteiger partial charge is 0.485 e. The van der Waals surface area contributed by atoms with Gasteiger partial charge in [0.15, 0.2) is 5.01 Å². The van der Waals surface area contributed by atoms with Crippen molar-refractivity contribution in [2.75, 3.05) is 0 Å². The maximum atomic E-state index is 11.3. The number of aromatic nitrogens is 1. The average Bonchev–Trinajstić information content (AvgIpc) is 2.85. The van der Waals surface area contributed by atoms with Crippen LogP contribution in [0.3, 0.4) is 0 Å². The first-order chi connectivity index (χ1) is 9.51. The minimum absolute atomic E-state index is 0.233. The number of nitrogens with zero attached hydrogens (tertiary/aromatic N) is 1. The van der Waals surface area contributed by atoms with Gasteiger partial charge < -0.3 is 4.74 Å². The number of nitrogen functional groups attached to an aromatic ring is 1. The van der Waals surface area contributed by atoms with Gasteiger partial charge in [-0.2, -0.15) is 0 Å². The number of benzene rings is 1. The number of thiazole rings is 1. The van der Waals surface area contributed by atoms with Gasteiger partial charge in [0.2, 0.25) is 0 Å². The molecule has 0 saturated heterocycles. The van der Waals surface area contributed by atoms with E-state index in [1.165, 1.54) is 11.3 Å². The summed E-state index contributed by atoms with van der Waals surface area (Å²) in [7, 11) is 0. The van der Waals surface area contributed by atoms with Crippen molar-refractivity contribution in [1.29, 1.82) is 0 Å². The van der Waals surface area contributed by atoms with Crippen molar-refractivity contribution in [3.8, 4) is 5.75 Å². The molecule has 1 aromatic carbocycles. The minimum atomic E-state index is -0.417. The molecular formula is C12H11BrClN3O2S. The number of carbonyl (C=O) groups excluding carboxylic acids is 1. The molecule has 1 heterocycles. The van der Waals surface area contributed by atoms with E-state index in [1.54, 1.807) is 11.4 Å². The minimum Gasteiger partial charge on any atom is -0.485 e. The number of hydrogen-bond donors (Lipinski definition) is 2. The number of carbonyl (C=O) groups is 1. The van der Waals surface area contributed by atoms with E-state index in [9.17, 15) is 4.79 Å². The normalized spacial score (nSPS) is 10.4. The second kappa shape index (κ2) is 6.53. The molecule has 106 valence electrons. The van der Waals surface area contributed by atoms with Crippen LogP contribution in [-0.2, 0) is 6.61 Å². The molecule has 0 spiro atoms. The van der Waals surface area contributed by atoms with E-state index in [-0.39, 0.29) is 6.61 Å². The van der Waals surface area contributed by atoms with Crippen molar-refractivity contribution in [2.24, 2.45) is 5.84 Å². The van der Waals surface area contributed by atoms with Crippen LogP contribution in [0.25, 0.3) is 0 Å². The third-order valence-corrected chi connectivity index (χ3v) is 4.06. The van der Waals surface area contributed by atoms with Gasteiger partial charge in [0.05, 0.1) is 10.7 Å². The molecule has 0 saturated carbocycles. The fourth-order valence-electron chi connectivity index (χ4n) is 1.56. The van der Waals surface area contributed by atoms with Crippen molar-refractivity contribution in [1.82, 2.24) is 10.4 Å². The Labute approximate surface area is 133 Å². The molecule has 3 N–H and O–H groups in total. The second-order valence-electron chi connectivity index (χ2n) is 3.94. The molecule has 0 aliphatic rings. The standard InChI is InChI=1S/C12H11BrClN3O2S/c1-6-2-7(13)3-9(14)10(6)19-4-8-5-20-12(16-8)11(18)17-15/h2-3,5H,4,15H2,1H3,(H,17,18). The number of halogens is 2. The molecule has 5 nitrogen and oxygen atoms in total. The van der Waals surface area contributed by atoms with Gasteiger partial charge in [0, 0.05) is 9.85 Å². The predicted molar refractivity (Wildman–Crippen MR) is 82.0 cm³/mol. The highest BCUT2D eigenvalue weighted by Gasteiger charge is 2.12. The third kappa shape index (κ3) is 3.49. The Bertz CT molecular complexity index is 624. The quantitative estimate of drug-likeness (QED) is 0.488. The molecule has 8 heteroatoms. The Morgan fingerprint density at radius 2 is 2.35 bits per heavy atom. The number of nitrogens with two attached hydrogens (primary N) is 1. The van der Waals surface area contributed by atoms with Gasteiger partial charge in [-0.1, -0.05) is 27.5 Å². The van der Waals surface area contributed by atoms with Crippen LogP contribution in [0.1, 0.15) is 21.1 Å². The van der Waals surface area contributed by atoms with Crippen molar-refractivity contribution in [3.63, 3.8) is 0 Å². The highest BCUT2D eigenvalue weighted by molar-refractivity contribution is 9.10. The zero-order valence-electron chi connectivity index (χ0n) is 10.4. The first-order valence-corrected chi connectivity index (χ1v) is 7.60. The van der Waals surface area contributed by atoms with Crippen LogP contribution in [0.4, 0.5) is 0 Å². The summed E-state index contributed by atoms with van der Waals surface area (Å²) in [6, 6.07) is 3.67. The SMILES string of the molecule is Cc1cc(Br)cc(Cl)c1OCc1csc(C(=O)NN)n1. The summed E-state index contributed by atoms with van der Waals surface area (Å²) < 4.78 is 6.56. The summed E-state index contributed by atoms with van der Waals surface area (Å²) in [4.78, 5) is 15.4. The topological polar surface area (TPSA) is 77.2 Å². The molecule has 0 fully saturated rings. The maximum Gasteiger partial charge on any atom is 0.294 e. The van der Waals surface area contributed by atoms with Gasteiger partial charge in [0.1, 0.15) is 12.4 Å². The molecular weight excluding hydrogens is 366 g/mol. The number of nitrogens with one attached hydrogen (secondary N) is 1. The highest BCUT2D eigenvalue weighted by atomic mass is 79.9. The molecule has 0 bridgehead atoms. The first kappa shape index (κ1) is 15.2. The Morgan fingerprint density at radius 1 is 1.60 bits per heavy atom. The van der Waals surface area contributed by atoms with E-state index >= 15 is 0 Å². The average molecular weight is 377 g/mol. The van der Waals surface area contributed by atoms with E-state index in [4.69, 9.17) is 22.2 Å². The Balaban J connectivity index is 2.09. The predicted octanol–water partition coefficient (Wildman–Crippen LogP) is 3.05. The molecule has 2 rings (SSSR count). The van der Waals surface area contributed by atoms with Crippen LogP contribution in [0, 0.1) is 6.92 Å². The van der Waals surface area contributed by atoms with Crippen molar-refractivity contribution >= 4 is 44.8 Å². The Kier molecular flexibility index (Phi) is 4.98. The Morgan fingerprint density at radius 3 is 3.00 bits per heavy atom. The number of rotatable bonds is 4. The molecule has 0 aliphatic heterocycles. The Hall–Kier alpha value is -1.15. The summed E-state index contributed by atoms with van der Waals surface area (Å²) in [6.07, 6.45) is 0. The summed E-state index contributed by atoms with van der Waals surface area (Å²) in [6.45, 7) is 2.14. The van der Waals surface area contributed by atoms with E-state index in [2.05, 4.69) is 20.9 Å². The molecule has 2 aromatic rings. The summed E-state index contributed by atoms with van der Waals surface area (Å²) in [5.41, 5.74) is 3.60. The molecule has 0 unspecified atom stereocenters. The van der Waals surface area contributed by atoms with Gasteiger partial charge in [-0.25, -0.2) is 10.8 Å². The van der Waals surface area contributed by atoms with Gasteiger partial charge in [-0.3, -0.25) is 10.2 Å². The van der Waals surface area contributed by atoms with Crippen molar-refractivity contribution in [3.05, 3.63) is 43.3 Å². The number of hydrazine groups is 1. The molecule has 0 aliphatic carbocycles. The monoisotopic (exact) mass is 375 g/mol. The molecule has 0 radical (unpaired) electrons.